The lowest BCUT2D eigenvalue weighted by atomic mass is 9.93. The summed E-state index contributed by atoms with van der Waals surface area (Å²) >= 11 is 0. The van der Waals surface area contributed by atoms with Crippen molar-refractivity contribution in [2.24, 2.45) is 4.99 Å². The van der Waals surface area contributed by atoms with Crippen LogP contribution in [-0.4, -0.2) is 50.5 Å². The largest absolute Gasteiger partial charge is 0.354 e. The van der Waals surface area contributed by atoms with E-state index in [1.54, 1.807) is 26.0 Å². The van der Waals surface area contributed by atoms with E-state index in [0.717, 1.165) is 5.96 Å². The molecule has 0 aromatic heterocycles. The minimum Gasteiger partial charge on any atom is -0.354 e. The van der Waals surface area contributed by atoms with E-state index in [1.165, 1.54) is 19.3 Å². The van der Waals surface area contributed by atoms with Gasteiger partial charge in [0.2, 0.25) is 5.91 Å². The first-order valence-electron chi connectivity index (χ1n) is 5.31. The van der Waals surface area contributed by atoms with Gasteiger partial charge in [-0.25, -0.2) is 0 Å². The SMILES string of the molecule is CN=C(NCC(=O)N(C)C)NC1CCC1.I. The summed E-state index contributed by atoms with van der Waals surface area (Å²) in [5, 5.41) is 6.26. The molecule has 0 heterocycles. The Kier molecular flexibility index (Phi) is 7.44. The Hall–Kier alpha value is -0.530. The number of rotatable bonds is 3. The molecule has 0 aliphatic heterocycles. The Bertz CT molecular complexity index is 251. The fraction of sp³-hybridized carbons (Fsp3) is 0.800. The monoisotopic (exact) mass is 340 g/mol. The first kappa shape index (κ1) is 15.5. The topological polar surface area (TPSA) is 56.7 Å². The highest BCUT2D eigenvalue weighted by atomic mass is 127. The third-order valence-electron chi connectivity index (χ3n) is 2.58. The second-order valence-corrected chi connectivity index (χ2v) is 3.99. The van der Waals surface area contributed by atoms with E-state index in [0.29, 0.717) is 12.6 Å². The van der Waals surface area contributed by atoms with E-state index in [2.05, 4.69) is 15.6 Å². The number of hydrogen-bond donors (Lipinski definition) is 2. The lowest BCUT2D eigenvalue weighted by Gasteiger charge is -2.28. The molecule has 0 spiro atoms. The smallest absolute Gasteiger partial charge is 0.241 e. The van der Waals surface area contributed by atoms with Gasteiger partial charge in [-0.05, 0) is 19.3 Å². The summed E-state index contributed by atoms with van der Waals surface area (Å²) < 4.78 is 0. The van der Waals surface area contributed by atoms with E-state index >= 15 is 0 Å². The fourth-order valence-corrected chi connectivity index (χ4v) is 1.26. The summed E-state index contributed by atoms with van der Waals surface area (Å²) in [6, 6.07) is 0.533. The molecule has 0 unspecified atom stereocenters. The average Bonchev–Trinajstić information content (AvgIpc) is 2.14. The number of hydrogen-bond acceptors (Lipinski definition) is 2. The van der Waals surface area contributed by atoms with Gasteiger partial charge in [0.15, 0.2) is 5.96 Å². The Morgan fingerprint density at radius 3 is 2.44 bits per heavy atom. The van der Waals surface area contributed by atoms with Crippen LogP contribution in [-0.2, 0) is 4.79 Å². The van der Waals surface area contributed by atoms with Gasteiger partial charge in [-0.1, -0.05) is 0 Å². The normalized spacial score (nSPS) is 15.8. The molecule has 1 amide bonds. The number of guanidine groups is 1. The van der Waals surface area contributed by atoms with Crippen molar-refractivity contribution in [2.75, 3.05) is 27.7 Å². The van der Waals surface area contributed by atoms with Crippen LogP contribution in [0.4, 0.5) is 0 Å². The van der Waals surface area contributed by atoms with Gasteiger partial charge < -0.3 is 15.5 Å². The zero-order valence-electron chi connectivity index (χ0n) is 10.1. The summed E-state index contributed by atoms with van der Waals surface area (Å²) in [7, 11) is 5.20. The van der Waals surface area contributed by atoms with Crippen molar-refractivity contribution in [3.63, 3.8) is 0 Å². The summed E-state index contributed by atoms with van der Waals surface area (Å²) in [5.74, 6) is 0.765. The van der Waals surface area contributed by atoms with Crippen LogP contribution in [0.5, 0.6) is 0 Å². The molecule has 2 N–H and O–H groups in total. The van der Waals surface area contributed by atoms with E-state index in [1.807, 2.05) is 0 Å². The van der Waals surface area contributed by atoms with Gasteiger partial charge in [0, 0.05) is 27.2 Å². The third-order valence-corrected chi connectivity index (χ3v) is 2.58. The highest BCUT2D eigenvalue weighted by Gasteiger charge is 2.18. The molecule has 0 aromatic carbocycles. The predicted molar refractivity (Wildman–Crippen MR) is 76.2 cm³/mol. The van der Waals surface area contributed by atoms with Crippen LogP contribution in [0, 0.1) is 0 Å². The van der Waals surface area contributed by atoms with E-state index in [-0.39, 0.29) is 29.9 Å². The Labute approximate surface area is 114 Å². The number of aliphatic imine (C=N–C) groups is 1. The van der Waals surface area contributed by atoms with Gasteiger partial charge in [0.25, 0.3) is 0 Å². The summed E-state index contributed by atoms with van der Waals surface area (Å²) in [5.41, 5.74) is 0. The maximum absolute atomic E-state index is 11.3. The minimum atomic E-state index is 0. The molecular weight excluding hydrogens is 319 g/mol. The lowest BCUT2D eigenvalue weighted by molar-refractivity contribution is -0.127. The molecular formula is C10H21IN4O. The number of carbonyl (C=O) groups is 1. The number of nitrogens with zero attached hydrogens (tertiary/aromatic N) is 2. The minimum absolute atomic E-state index is 0. The van der Waals surface area contributed by atoms with Crippen molar-refractivity contribution in [1.82, 2.24) is 15.5 Å². The standard InChI is InChI=1S/C10H20N4O.HI/c1-11-10(13-8-5-4-6-8)12-7-9(15)14(2)3;/h8H,4-7H2,1-3H3,(H2,11,12,13);1H. The summed E-state index contributed by atoms with van der Waals surface area (Å²) in [6.07, 6.45) is 3.68. The maximum atomic E-state index is 11.3. The second-order valence-electron chi connectivity index (χ2n) is 3.99. The van der Waals surface area contributed by atoms with E-state index in [9.17, 15) is 4.79 Å². The number of nitrogens with one attached hydrogen (secondary N) is 2. The van der Waals surface area contributed by atoms with Gasteiger partial charge in [0.05, 0.1) is 6.54 Å². The number of amides is 1. The van der Waals surface area contributed by atoms with Crippen LogP contribution < -0.4 is 10.6 Å². The molecule has 1 fully saturated rings. The van der Waals surface area contributed by atoms with Crippen LogP contribution >= 0.6 is 24.0 Å². The molecule has 0 aromatic rings. The molecule has 1 aliphatic rings. The van der Waals surface area contributed by atoms with Crippen molar-refractivity contribution in [3.8, 4) is 0 Å². The van der Waals surface area contributed by atoms with Gasteiger partial charge in [-0.3, -0.25) is 9.79 Å². The molecule has 16 heavy (non-hydrogen) atoms. The third kappa shape index (κ3) is 5.00. The lowest BCUT2D eigenvalue weighted by Crippen LogP contribution is -2.48. The highest BCUT2D eigenvalue weighted by molar-refractivity contribution is 14.0. The molecule has 0 radical (unpaired) electrons. The van der Waals surface area contributed by atoms with Crippen molar-refractivity contribution in [3.05, 3.63) is 0 Å². The Morgan fingerprint density at radius 1 is 1.44 bits per heavy atom. The quantitative estimate of drug-likeness (QED) is 0.445. The zero-order valence-corrected chi connectivity index (χ0v) is 12.4. The molecule has 0 saturated heterocycles. The zero-order chi connectivity index (χ0) is 11.3. The molecule has 5 nitrogen and oxygen atoms in total. The summed E-state index contributed by atoms with van der Waals surface area (Å²) in [6.45, 7) is 0.291. The molecule has 1 rings (SSSR count). The number of halogens is 1. The fourth-order valence-electron chi connectivity index (χ4n) is 1.26. The first-order valence-corrected chi connectivity index (χ1v) is 5.31. The van der Waals surface area contributed by atoms with Crippen molar-refractivity contribution < 1.29 is 4.79 Å². The van der Waals surface area contributed by atoms with E-state index < -0.39 is 0 Å². The Morgan fingerprint density at radius 2 is 2.06 bits per heavy atom. The van der Waals surface area contributed by atoms with E-state index in [4.69, 9.17) is 0 Å². The van der Waals surface area contributed by atoms with Crippen LogP contribution in [0.25, 0.3) is 0 Å². The van der Waals surface area contributed by atoms with Crippen molar-refractivity contribution in [1.29, 1.82) is 0 Å². The predicted octanol–water partition coefficient (Wildman–Crippen LogP) is 0.410. The first-order chi connectivity index (χ1) is 7.13. The summed E-state index contributed by atoms with van der Waals surface area (Å²) in [4.78, 5) is 16.9. The van der Waals surface area contributed by atoms with Crippen LogP contribution in [0.3, 0.4) is 0 Å². The maximum Gasteiger partial charge on any atom is 0.241 e. The Balaban J connectivity index is 0.00000225. The van der Waals surface area contributed by atoms with Crippen LogP contribution in [0.2, 0.25) is 0 Å². The molecule has 94 valence electrons. The van der Waals surface area contributed by atoms with Gasteiger partial charge >= 0.3 is 0 Å². The van der Waals surface area contributed by atoms with Crippen molar-refractivity contribution in [2.45, 2.75) is 25.3 Å². The van der Waals surface area contributed by atoms with Crippen LogP contribution in [0.1, 0.15) is 19.3 Å². The molecule has 1 aliphatic carbocycles. The average molecular weight is 340 g/mol. The van der Waals surface area contributed by atoms with Crippen LogP contribution in [0.15, 0.2) is 4.99 Å². The molecule has 0 atom stereocenters. The second kappa shape index (κ2) is 7.70. The molecule has 6 heteroatoms. The molecule has 1 saturated carbocycles. The van der Waals surface area contributed by atoms with Gasteiger partial charge in [-0.15, -0.1) is 24.0 Å². The highest BCUT2D eigenvalue weighted by Crippen LogP contribution is 2.17. The van der Waals surface area contributed by atoms with Gasteiger partial charge in [-0.2, -0.15) is 0 Å². The molecule has 0 bridgehead atoms. The number of carbonyl (C=O) groups excluding carboxylic acids is 1. The van der Waals surface area contributed by atoms with Gasteiger partial charge in [0.1, 0.15) is 0 Å². The van der Waals surface area contributed by atoms with Crippen molar-refractivity contribution >= 4 is 35.8 Å². The number of likely N-dealkylation sites (N-methyl/N-ethyl adjacent to an activating group) is 1.